The molecule has 1 amide bonds. The highest BCUT2D eigenvalue weighted by atomic mass is 19.1. The molecule has 1 aliphatic rings. The molecule has 0 unspecified atom stereocenters. The molecule has 6 nitrogen and oxygen atoms in total. The van der Waals surface area contributed by atoms with Gasteiger partial charge in [0.2, 0.25) is 0 Å². The molecule has 0 saturated heterocycles. The number of carbonyl (C=O) groups excluding carboxylic acids is 1. The number of nitrogens with zero attached hydrogens (tertiary/aromatic N) is 2. The fourth-order valence-corrected chi connectivity index (χ4v) is 3.37. The molecule has 2 N–H and O–H groups in total. The minimum atomic E-state index is -0.908. The summed E-state index contributed by atoms with van der Waals surface area (Å²) in [6.45, 7) is 3.65. The van der Waals surface area contributed by atoms with Crippen molar-refractivity contribution >= 4 is 11.9 Å². The van der Waals surface area contributed by atoms with Crippen molar-refractivity contribution in [3.63, 3.8) is 0 Å². The molecule has 2 atom stereocenters. The van der Waals surface area contributed by atoms with Crippen LogP contribution in [0.2, 0.25) is 0 Å². The molecule has 1 saturated carbocycles. The summed E-state index contributed by atoms with van der Waals surface area (Å²) in [5.74, 6) is -2.51. The van der Waals surface area contributed by atoms with Crippen molar-refractivity contribution in [2.75, 3.05) is 0 Å². The van der Waals surface area contributed by atoms with E-state index in [-0.39, 0.29) is 11.3 Å². The maximum absolute atomic E-state index is 14.5. The zero-order valence-electron chi connectivity index (χ0n) is 14.1. The summed E-state index contributed by atoms with van der Waals surface area (Å²) >= 11 is 0. The minimum Gasteiger partial charge on any atom is -0.481 e. The molecule has 1 aliphatic carbocycles. The Hall–Kier alpha value is -2.70. The summed E-state index contributed by atoms with van der Waals surface area (Å²) in [6, 6.07) is 5.61. The third-order valence-electron chi connectivity index (χ3n) is 4.60. The smallest absolute Gasteiger partial charge is 0.308 e. The third kappa shape index (κ3) is 3.40. The van der Waals surface area contributed by atoms with Gasteiger partial charge in [0.05, 0.1) is 11.6 Å². The summed E-state index contributed by atoms with van der Waals surface area (Å²) in [7, 11) is 0. The van der Waals surface area contributed by atoms with E-state index in [1.165, 1.54) is 16.8 Å². The fourth-order valence-electron chi connectivity index (χ4n) is 3.37. The van der Waals surface area contributed by atoms with E-state index in [0.717, 1.165) is 23.9 Å². The van der Waals surface area contributed by atoms with Crippen LogP contribution in [0.5, 0.6) is 0 Å². The van der Waals surface area contributed by atoms with Gasteiger partial charge in [-0.2, -0.15) is 5.10 Å². The molecule has 1 aromatic heterocycles. The number of rotatable bonds is 4. The first-order valence-electron chi connectivity index (χ1n) is 8.23. The van der Waals surface area contributed by atoms with Crippen molar-refractivity contribution in [2.45, 2.75) is 39.2 Å². The van der Waals surface area contributed by atoms with Gasteiger partial charge in [0.25, 0.3) is 5.91 Å². The summed E-state index contributed by atoms with van der Waals surface area (Å²) in [6.07, 6.45) is 1.92. The van der Waals surface area contributed by atoms with Gasteiger partial charge in [-0.25, -0.2) is 9.07 Å². The second kappa shape index (κ2) is 6.66. The van der Waals surface area contributed by atoms with Gasteiger partial charge in [-0.1, -0.05) is 6.42 Å². The Bertz CT molecular complexity index is 831. The second-order valence-electron chi connectivity index (χ2n) is 6.46. The highest BCUT2D eigenvalue weighted by Gasteiger charge is 2.34. The first-order valence-corrected chi connectivity index (χ1v) is 8.23. The lowest BCUT2D eigenvalue weighted by Gasteiger charge is -2.17. The number of hydrogen-bond donors (Lipinski definition) is 2. The number of hydrogen-bond acceptors (Lipinski definition) is 3. The first-order chi connectivity index (χ1) is 11.9. The number of benzene rings is 1. The molecule has 3 rings (SSSR count). The van der Waals surface area contributed by atoms with E-state index in [1.807, 2.05) is 19.9 Å². The molecule has 1 fully saturated rings. The number of aromatic nitrogens is 2. The topological polar surface area (TPSA) is 84.2 Å². The number of carbonyl (C=O) groups is 2. The summed E-state index contributed by atoms with van der Waals surface area (Å²) in [5, 5.41) is 16.1. The molecule has 0 bridgehead atoms. The molecule has 1 aromatic carbocycles. The Labute approximate surface area is 144 Å². The predicted octanol–water partition coefficient (Wildman–Crippen LogP) is 2.61. The highest BCUT2D eigenvalue weighted by Crippen LogP contribution is 2.26. The average molecular weight is 345 g/mol. The largest absolute Gasteiger partial charge is 0.481 e. The lowest BCUT2D eigenvalue weighted by molar-refractivity contribution is -0.142. The number of carboxylic acids is 1. The minimum absolute atomic E-state index is 0.166. The number of aliphatic carboxylic acids is 1. The van der Waals surface area contributed by atoms with E-state index in [4.69, 9.17) is 0 Å². The molecule has 1 heterocycles. The molecular formula is C18H20FN3O3. The Balaban J connectivity index is 1.79. The summed E-state index contributed by atoms with van der Waals surface area (Å²) < 4.78 is 16.0. The molecule has 25 heavy (non-hydrogen) atoms. The van der Waals surface area contributed by atoms with E-state index >= 15 is 0 Å². The second-order valence-corrected chi connectivity index (χ2v) is 6.46. The average Bonchev–Trinajstić information content (AvgIpc) is 3.13. The maximum Gasteiger partial charge on any atom is 0.308 e. The Morgan fingerprint density at radius 1 is 1.28 bits per heavy atom. The number of carboxylic acid groups (broad SMARTS) is 1. The molecular weight excluding hydrogens is 325 g/mol. The third-order valence-corrected chi connectivity index (χ3v) is 4.60. The zero-order chi connectivity index (χ0) is 18.1. The van der Waals surface area contributed by atoms with E-state index in [2.05, 4.69) is 10.4 Å². The van der Waals surface area contributed by atoms with Gasteiger partial charge < -0.3 is 10.4 Å². The van der Waals surface area contributed by atoms with Crippen LogP contribution in [0.4, 0.5) is 4.39 Å². The lowest BCUT2D eigenvalue weighted by atomic mass is 10.0. The Morgan fingerprint density at radius 3 is 2.64 bits per heavy atom. The van der Waals surface area contributed by atoms with E-state index < -0.39 is 29.7 Å². The Kier molecular flexibility index (Phi) is 4.57. The van der Waals surface area contributed by atoms with Crippen molar-refractivity contribution in [3.8, 4) is 5.69 Å². The number of nitrogens with one attached hydrogen (secondary N) is 1. The predicted molar refractivity (Wildman–Crippen MR) is 89.2 cm³/mol. The quantitative estimate of drug-likeness (QED) is 0.892. The monoisotopic (exact) mass is 345 g/mol. The van der Waals surface area contributed by atoms with Gasteiger partial charge in [-0.05, 0) is 51.0 Å². The van der Waals surface area contributed by atoms with Crippen molar-refractivity contribution < 1.29 is 19.1 Å². The van der Waals surface area contributed by atoms with Crippen LogP contribution in [-0.2, 0) is 4.79 Å². The lowest BCUT2D eigenvalue weighted by Crippen LogP contribution is -2.40. The van der Waals surface area contributed by atoms with Gasteiger partial charge in [0.15, 0.2) is 0 Å². The van der Waals surface area contributed by atoms with Gasteiger partial charge in [0.1, 0.15) is 11.5 Å². The van der Waals surface area contributed by atoms with Crippen LogP contribution in [0.1, 0.15) is 41.0 Å². The van der Waals surface area contributed by atoms with E-state index in [1.54, 1.807) is 0 Å². The molecule has 0 spiro atoms. The maximum atomic E-state index is 14.5. The highest BCUT2D eigenvalue weighted by molar-refractivity contribution is 5.95. The van der Waals surface area contributed by atoms with Gasteiger partial charge >= 0.3 is 5.97 Å². The van der Waals surface area contributed by atoms with Gasteiger partial charge in [-0.3, -0.25) is 9.59 Å². The van der Waals surface area contributed by atoms with Crippen molar-refractivity contribution in [3.05, 3.63) is 47.0 Å². The molecule has 0 radical (unpaired) electrons. The normalized spacial score (nSPS) is 19.8. The van der Waals surface area contributed by atoms with E-state index in [0.29, 0.717) is 12.8 Å². The van der Waals surface area contributed by atoms with Crippen LogP contribution >= 0.6 is 0 Å². The van der Waals surface area contributed by atoms with Crippen LogP contribution in [0.25, 0.3) is 5.69 Å². The SMILES string of the molecule is Cc1cc(C)n(-c2ccc(C(=O)N[C@H]3CCC[C@H]3C(=O)O)cc2F)n1. The zero-order valence-corrected chi connectivity index (χ0v) is 14.1. The van der Waals surface area contributed by atoms with Gasteiger partial charge in [0, 0.05) is 17.3 Å². The van der Waals surface area contributed by atoms with Crippen molar-refractivity contribution in [1.82, 2.24) is 15.1 Å². The van der Waals surface area contributed by atoms with Crippen LogP contribution in [0.15, 0.2) is 24.3 Å². The van der Waals surface area contributed by atoms with E-state index in [9.17, 15) is 19.1 Å². The molecule has 0 aliphatic heterocycles. The van der Waals surface area contributed by atoms with Crippen LogP contribution in [0.3, 0.4) is 0 Å². The number of aryl methyl sites for hydroxylation is 2. The van der Waals surface area contributed by atoms with Crippen molar-refractivity contribution in [2.24, 2.45) is 5.92 Å². The Morgan fingerprint density at radius 2 is 2.04 bits per heavy atom. The first kappa shape index (κ1) is 17.1. The molecule has 132 valence electrons. The van der Waals surface area contributed by atoms with Gasteiger partial charge in [-0.15, -0.1) is 0 Å². The summed E-state index contributed by atoms with van der Waals surface area (Å²) in [5.41, 5.74) is 2.01. The number of halogens is 1. The fraction of sp³-hybridized carbons (Fsp3) is 0.389. The summed E-state index contributed by atoms with van der Waals surface area (Å²) in [4.78, 5) is 23.5. The molecule has 2 aromatic rings. The van der Waals surface area contributed by atoms with Crippen LogP contribution < -0.4 is 5.32 Å². The van der Waals surface area contributed by atoms with Crippen molar-refractivity contribution in [1.29, 1.82) is 0 Å². The van der Waals surface area contributed by atoms with Crippen LogP contribution in [-0.4, -0.2) is 32.8 Å². The van der Waals surface area contributed by atoms with Crippen LogP contribution in [0, 0.1) is 25.6 Å². The standard InChI is InChI=1S/C18H20FN3O3/c1-10-8-11(2)22(21-10)16-7-6-12(9-14(16)19)17(23)20-15-5-3-4-13(15)18(24)25/h6-9,13,15H,3-5H2,1-2H3,(H,20,23)(H,24,25)/t13-,15+/m1/s1. The molecule has 7 heteroatoms. The number of amides is 1.